The van der Waals surface area contributed by atoms with Gasteiger partial charge in [0.1, 0.15) is 0 Å². The molecule has 1 amide bonds. The Balaban J connectivity index is 2.13. The van der Waals surface area contributed by atoms with Crippen molar-refractivity contribution in [2.24, 2.45) is 0 Å². The Morgan fingerprint density at radius 2 is 2.25 bits per heavy atom. The fraction of sp³-hybridized carbons (Fsp3) is 0.636. The third kappa shape index (κ3) is 4.28. The van der Waals surface area contributed by atoms with E-state index in [1.807, 2.05) is 29.6 Å². The monoisotopic (exact) mass is 241 g/mol. The molecule has 1 N–H and O–H groups in total. The van der Waals surface area contributed by atoms with Gasteiger partial charge in [0.25, 0.3) is 0 Å². The van der Waals surface area contributed by atoms with Crippen molar-refractivity contribution in [3.63, 3.8) is 0 Å². The minimum Gasteiger partial charge on any atom is -0.343 e. The highest BCUT2D eigenvalue weighted by molar-refractivity contribution is 7.07. The van der Waals surface area contributed by atoms with E-state index in [9.17, 15) is 4.79 Å². The van der Waals surface area contributed by atoms with Gasteiger partial charge in [0.2, 0.25) is 5.91 Å². The molecule has 0 saturated heterocycles. The van der Waals surface area contributed by atoms with Crippen molar-refractivity contribution in [3.05, 3.63) is 16.6 Å². The molecule has 0 aliphatic heterocycles. The Kier molecular flexibility index (Phi) is 6.03. The summed E-state index contributed by atoms with van der Waals surface area (Å²) in [6, 6.07) is 0. The smallest absolute Gasteiger partial charge is 0.223 e. The van der Waals surface area contributed by atoms with Crippen LogP contribution in [-0.2, 0) is 11.3 Å². The second-order valence-electron chi connectivity index (χ2n) is 3.47. The lowest BCUT2D eigenvalue weighted by Gasteiger charge is -2.18. The molecule has 0 radical (unpaired) electrons. The average molecular weight is 241 g/mol. The molecule has 1 aromatic heterocycles. The fourth-order valence-corrected chi connectivity index (χ4v) is 2.03. The molecule has 5 heteroatoms. The quantitative estimate of drug-likeness (QED) is 0.736. The molecule has 0 bridgehead atoms. The summed E-state index contributed by atoms with van der Waals surface area (Å²) < 4.78 is 0. The Morgan fingerprint density at radius 1 is 1.50 bits per heavy atom. The normalized spacial score (nSPS) is 10.4. The summed E-state index contributed by atoms with van der Waals surface area (Å²) in [4.78, 5) is 17.7. The number of hydrogen-bond donors (Lipinski definition) is 1. The van der Waals surface area contributed by atoms with Gasteiger partial charge in [-0.15, -0.1) is 11.3 Å². The van der Waals surface area contributed by atoms with E-state index >= 15 is 0 Å². The van der Waals surface area contributed by atoms with Crippen molar-refractivity contribution in [3.8, 4) is 0 Å². The van der Waals surface area contributed by atoms with E-state index in [1.54, 1.807) is 11.3 Å². The molecule has 0 aromatic carbocycles. The van der Waals surface area contributed by atoms with Crippen LogP contribution >= 0.6 is 11.3 Å². The van der Waals surface area contributed by atoms with Crippen LogP contribution in [0, 0.1) is 0 Å². The zero-order chi connectivity index (χ0) is 11.8. The third-order valence-corrected chi connectivity index (χ3v) is 3.06. The van der Waals surface area contributed by atoms with Crippen molar-refractivity contribution in [1.82, 2.24) is 15.2 Å². The molecule has 0 aliphatic carbocycles. The van der Waals surface area contributed by atoms with Gasteiger partial charge in [-0.3, -0.25) is 4.79 Å². The molecule has 0 saturated carbocycles. The maximum atomic E-state index is 11.6. The number of carbonyl (C=O) groups is 1. The zero-order valence-electron chi connectivity index (χ0n) is 9.90. The molecule has 0 fully saturated rings. The largest absolute Gasteiger partial charge is 0.343 e. The fourth-order valence-electron chi connectivity index (χ4n) is 1.47. The number of aromatic nitrogens is 1. The number of amides is 1. The van der Waals surface area contributed by atoms with Crippen LogP contribution in [0.15, 0.2) is 10.9 Å². The minimum atomic E-state index is 0.218. The van der Waals surface area contributed by atoms with Gasteiger partial charge < -0.3 is 10.2 Å². The second kappa shape index (κ2) is 7.35. The van der Waals surface area contributed by atoms with Crippen LogP contribution in [0.1, 0.15) is 26.0 Å². The summed E-state index contributed by atoms with van der Waals surface area (Å²) >= 11 is 1.59. The molecule has 0 unspecified atom stereocenters. The lowest BCUT2D eigenvalue weighted by atomic mass is 10.3. The number of nitrogens with one attached hydrogen (secondary N) is 1. The summed E-state index contributed by atoms with van der Waals surface area (Å²) in [5.41, 5.74) is 2.86. The van der Waals surface area contributed by atoms with E-state index < -0.39 is 0 Å². The number of nitrogens with zero attached hydrogens (tertiary/aromatic N) is 2. The van der Waals surface area contributed by atoms with Gasteiger partial charge in [-0.05, 0) is 13.8 Å². The van der Waals surface area contributed by atoms with Crippen LogP contribution in [0.4, 0.5) is 0 Å². The van der Waals surface area contributed by atoms with E-state index in [2.05, 4.69) is 10.3 Å². The molecular weight excluding hydrogens is 222 g/mol. The lowest BCUT2D eigenvalue weighted by Crippen LogP contribution is -2.32. The Labute approximate surface area is 101 Å². The second-order valence-corrected chi connectivity index (χ2v) is 4.19. The first-order valence-electron chi connectivity index (χ1n) is 5.63. The molecular formula is C11H19N3OS. The summed E-state index contributed by atoms with van der Waals surface area (Å²) in [6.07, 6.45) is 0.561. The van der Waals surface area contributed by atoms with E-state index in [-0.39, 0.29) is 5.91 Å². The van der Waals surface area contributed by atoms with E-state index in [0.29, 0.717) is 13.0 Å². The van der Waals surface area contributed by atoms with Gasteiger partial charge in [-0.2, -0.15) is 0 Å². The average Bonchev–Trinajstić information content (AvgIpc) is 2.79. The Morgan fingerprint density at radius 3 is 2.81 bits per heavy atom. The van der Waals surface area contributed by atoms with E-state index in [1.165, 1.54) is 0 Å². The molecule has 90 valence electrons. The summed E-state index contributed by atoms with van der Waals surface area (Å²) in [7, 11) is 0. The lowest BCUT2D eigenvalue weighted by molar-refractivity contribution is -0.130. The molecule has 1 aromatic rings. The van der Waals surface area contributed by atoms with Crippen LogP contribution in [0.2, 0.25) is 0 Å². The minimum absolute atomic E-state index is 0.218. The zero-order valence-corrected chi connectivity index (χ0v) is 10.7. The first kappa shape index (κ1) is 13.1. The molecule has 0 spiro atoms. The summed E-state index contributed by atoms with van der Waals surface area (Å²) in [5.74, 6) is 0.218. The highest BCUT2D eigenvalue weighted by atomic mass is 32.1. The number of rotatable bonds is 7. The molecule has 4 nitrogen and oxygen atoms in total. The standard InChI is InChI=1S/C11H19N3OS/c1-3-14(4-2)11(15)5-6-12-7-10-8-16-9-13-10/h8-9,12H,3-7H2,1-2H3. The third-order valence-electron chi connectivity index (χ3n) is 2.42. The van der Waals surface area contributed by atoms with Crippen molar-refractivity contribution in [1.29, 1.82) is 0 Å². The maximum absolute atomic E-state index is 11.6. The van der Waals surface area contributed by atoms with Gasteiger partial charge in [-0.25, -0.2) is 4.98 Å². The van der Waals surface area contributed by atoms with Crippen LogP contribution < -0.4 is 5.32 Å². The van der Waals surface area contributed by atoms with Crippen LogP contribution in [0.3, 0.4) is 0 Å². The van der Waals surface area contributed by atoms with E-state index in [4.69, 9.17) is 0 Å². The highest BCUT2D eigenvalue weighted by Crippen LogP contribution is 2.00. The molecule has 0 aliphatic rings. The highest BCUT2D eigenvalue weighted by Gasteiger charge is 2.08. The van der Waals surface area contributed by atoms with E-state index in [0.717, 1.165) is 25.3 Å². The maximum Gasteiger partial charge on any atom is 0.223 e. The van der Waals surface area contributed by atoms with Gasteiger partial charge in [0.05, 0.1) is 11.2 Å². The molecule has 0 atom stereocenters. The number of thiazole rings is 1. The first-order chi connectivity index (χ1) is 7.77. The number of hydrogen-bond acceptors (Lipinski definition) is 4. The first-order valence-corrected chi connectivity index (χ1v) is 6.57. The van der Waals surface area contributed by atoms with Crippen LogP contribution in [-0.4, -0.2) is 35.4 Å². The molecule has 1 heterocycles. The van der Waals surface area contributed by atoms with Crippen LogP contribution in [0.25, 0.3) is 0 Å². The molecule has 1 rings (SSSR count). The Hall–Kier alpha value is -0.940. The van der Waals surface area contributed by atoms with Crippen molar-refractivity contribution < 1.29 is 4.79 Å². The topological polar surface area (TPSA) is 45.2 Å². The van der Waals surface area contributed by atoms with Gasteiger partial charge in [0.15, 0.2) is 0 Å². The van der Waals surface area contributed by atoms with Gasteiger partial charge in [0, 0.05) is 38.0 Å². The predicted molar refractivity (Wildman–Crippen MR) is 66.4 cm³/mol. The van der Waals surface area contributed by atoms with Crippen LogP contribution in [0.5, 0.6) is 0 Å². The number of carbonyl (C=O) groups excluding carboxylic acids is 1. The van der Waals surface area contributed by atoms with Crippen molar-refractivity contribution in [2.45, 2.75) is 26.8 Å². The SMILES string of the molecule is CCN(CC)C(=O)CCNCc1cscn1. The predicted octanol–water partition coefficient (Wildman–Crippen LogP) is 1.49. The van der Waals surface area contributed by atoms with Gasteiger partial charge in [-0.1, -0.05) is 0 Å². The summed E-state index contributed by atoms with van der Waals surface area (Å²) in [6.45, 7) is 7.05. The van der Waals surface area contributed by atoms with Crippen molar-refractivity contribution in [2.75, 3.05) is 19.6 Å². The summed E-state index contributed by atoms with van der Waals surface area (Å²) in [5, 5.41) is 5.23. The van der Waals surface area contributed by atoms with Gasteiger partial charge >= 0.3 is 0 Å². The van der Waals surface area contributed by atoms with Crippen molar-refractivity contribution >= 4 is 17.2 Å². The molecule has 16 heavy (non-hydrogen) atoms. The Bertz CT molecular complexity index is 296.